The largest absolute Gasteiger partial charge is 0.391 e. The van der Waals surface area contributed by atoms with E-state index in [4.69, 9.17) is 16.1 Å². The van der Waals surface area contributed by atoms with Crippen molar-refractivity contribution in [3.8, 4) is 11.4 Å². The van der Waals surface area contributed by atoms with Crippen molar-refractivity contribution in [3.05, 3.63) is 35.2 Å². The van der Waals surface area contributed by atoms with E-state index in [1.165, 1.54) is 0 Å². The van der Waals surface area contributed by atoms with Crippen molar-refractivity contribution in [2.45, 2.75) is 44.3 Å². The topological polar surface area (TPSA) is 75.3 Å². The van der Waals surface area contributed by atoms with Crippen LogP contribution in [0, 0.1) is 5.92 Å². The minimum absolute atomic E-state index is 0. The molecule has 30 heavy (non-hydrogen) atoms. The molecule has 0 bridgehead atoms. The number of nitrogens with zero attached hydrogens (tertiary/aromatic N) is 3. The number of aromatic nitrogens is 2. The summed E-state index contributed by atoms with van der Waals surface area (Å²) >= 11 is 5.87. The molecule has 2 atom stereocenters. The van der Waals surface area contributed by atoms with Gasteiger partial charge in [-0.1, -0.05) is 23.2 Å². The minimum atomic E-state index is -4.14. The molecule has 1 saturated carbocycles. The Kier molecular flexibility index (Phi) is 9.20. The van der Waals surface area contributed by atoms with Crippen molar-refractivity contribution in [2.75, 3.05) is 13.6 Å². The predicted octanol–water partition coefficient (Wildman–Crippen LogP) is 4.84. The molecule has 0 amide bonds. The highest BCUT2D eigenvalue weighted by Crippen LogP contribution is 2.37. The fraction of sp³-hybridized carbons (Fsp3) is 0.526. The standard InChI is InChI=1S/C19H23ClF3N5O.HI/c1-24-18(26-15-4-2-3-13(11-15)19(21,22)23)25-10-9-16-27-17(28-29-16)12-5-7-14(20)8-6-12;/h5-8,13,15H,2-4,9-11H2,1H3,(H2,24,25,26);1H. The highest BCUT2D eigenvalue weighted by molar-refractivity contribution is 14.0. The smallest absolute Gasteiger partial charge is 0.356 e. The molecule has 1 aromatic carbocycles. The Bertz CT molecular complexity index is 828. The zero-order chi connectivity index (χ0) is 20.9. The van der Waals surface area contributed by atoms with Gasteiger partial charge in [-0.25, -0.2) is 0 Å². The normalized spacial score (nSPS) is 19.8. The molecule has 1 fully saturated rings. The van der Waals surface area contributed by atoms with Crippen molar-refractivity contribution in [3.63, 3.8) is 0 Å². The van der Waals surface area contributed by atoms with Gasteiger partial charge in [0.05, 0.1) is 5.92 Å². The Morgan fingerprint density at radius 3 is 2.67 bits per heavy atom. The monoisotopic (exact) mass is 557 g/mol. The van der Waals surface area contributed by atoms with Gasteiger partial charge in [0.2, 0.25) is 11.7 Å². The molecule has 3 rings (SSSR count). The van der Waals surface area contributed by atoms with Crippen LogP contribution in [0.1, 0.15) is 31.6 Å². The number of benzene rings is 1. The van der Waals surface area contributed by atoms with Crippen molar-refractivity contribution in [1.29, 1.82) is 0 Å². The third kappa shape index (κ3) is 7.00. The number of aliphatic imine (C=N–C) groups is 1. The summed E-state index contributed by atoms with van der Waals surface area (Å²) in [5, 5.41) is 10.8. The molecular formula is C19H24ClF3IN5O. The second-order valence-electron chi connectivity index (χ2n) is 7.01. The SMILES string of the molecule is CN=C(NCCc1nc(-c2ccc(Cl)cc2)no1)NC1CCCC(C(F)(F)F)C1.I. The van der Waals surface area contributed by atoms with Crippen LogP contribution in [0.25, 0.3) is 11.4 Å². The zero-order valence-corrected chi connectivity index (χ0v) is 19.5. The number of rotatable bonds is 5. The van der Waals surface area contributed by atoms with Gasteiger partial charge in [-0.2, -0.15) is 18.2 Å². The third-order valence-corrected chi connectivity index (χ3v) is 5.16. The number of guanidine groups is 1. The van der Waals surface area contributed by atoms with Crippen molar-refractivity contribution in [2.24, 2.45) is 10.9 Å². The number of hydrogen-bond donors (Lipinski definition) is 2. The quantitative estimate of drug-likeness (QED) is 0.313. The Labute approximate surface area is 195 Å². The first kappa shape index (κ1) is 24.7. The van der Waals surface area contributed by atoms with E-state index in [1.807, 2.05) is 0 Å². The molecule has 166 valence electrons. The van der Waals surface area contributed by atoms with Crippen molar-refractivity contribution in [1.82, 2.24) is 20.8 Å². The van der Waals surface area contributed by atoms with Crippen molar-refractivity contribution >= 4 is 41.5 Å². The van der Waals surface area contributed by atoms with Crippen LogP contribution in [0.3, 0.4) is 0 Å². The van der Waals surface area contributed by atoms with Crippen LogP contribution in [0.2, 0.25) is 5.02 Å². The van der Waals surface area contributed by atoms with Crippen LogP contribution in [-0.4, -0.2) is 41.9 Å². The van der Waals surface area contributed by atoms with E-state index in [1.54, 1.807) is 31.3 Å². The van der Waals surface area contributed by atoms with E-state index in [2.05, 4.69) is 25.8 Å². The van der Waals surface area contributed by atoms with Crippen LogP contribution in [0.4, 0.5) is 13.2 Å². The Morgan fingerprint density at radius 1 is 1.27 bits per heavy atom. The van der Waals surface area contributed by atoms with Gasteiger partial charge in [0.1, 0.15) is 0 Å². The Hall–Kier alpha value is -1.56. The summed E-state index contributed by atoms with van der Waals surface area (Å²) in [5.74, 6) is 0.138. The summed E-state index contributed by atoms with van der Waals surface area (Å²) < 4.78 is 44.1. The summed E-state index contributed by atoms with van der Waals surface area (Å²) in [6, 6.07) is 6.86. The molecule has 2 N–H and O–H groups in total. The first-order valence-electron chi connectivity index (χ1n) is 9.47. The molecule has 11 heteroatoms. The van der Waals surface area contributed by atoms with Gasteiger partial charge in [-0.05, 0) is 43.5 Å². The van der Waals surface area contributed by atoms with E-state index in [9.17, 15) is 13.2 Å². The predicted molar refractivity (Wildman–Crippen MR) is 120 cm³/mol. The molecule has 2 unspecified atom stereocenters. The summed E-state index contributed by atoms with van der Waals surface area (Å²) in [4.78, 5) is 8.43. The molecule has 0 saturated heterocycles. The summed E-state index contributed by atoms with van der Waals surface area (Å²) in [6.07, 6.45) is -2.18. The van der Waals surface area contributed by atoms with Crippen LogP contribution < -0.4 is 10.6 Å². The zero-order valence-electron chi connectivity index (χ0n) is 16.4. The molecule has 1 aliphatic carbocycles. The van der Waals surface area contributed by atoms with Crippen LogP contribution >= 0.6 is 35.6 Å². The average molecular weight is 558 g/mol. The lowest BCUT2D eigenvalue weighted by Crippen LogP contribution is -2.47. The summed E-state index contributed by atoms with van der Waals surface area (Å²) in [5.41, 5.74) is 0.798. The van der Waals surface area contributed by atoms with E-state index in [-0.39, 0.29) is 42.9 Å². The number of hydrogen-bond acceptors (Lipinski definition) is 4. The minimum Gasteiger partial charge on any atom is -0.356 e. The first-order chi connectivity index (χ1) is 13.8. The summed E-state index contributed by atoms with van der Waals surface area (Å²) in [7, 11) is 1.59. The molecule has 1 aromatic heterocycles. The second-order valence-corrected chi connectivity index (χ2v) is 7.45. The highest BCUT2D eigenvalue weighted by Gasteiger charge is 2.42. The summed E-state index contributed by atoms with van der Waals surface area (Å²) in [6.45, 7) is 0.456. The van der Waals surface area contributed by atoms with Crippen LogP contribution in [-0.2, 0) is 6.42 Å². The van der Waals surface area contributed by atoms with Gasteiger partial charge < -0.3 is 15.2 Å². The van der Waals surface area contributed by atoms with Crippen LogP contribution in [0.15, 0.2) is 33.8 Å². The van der Waals surface area contributed by atoms with E-state index >= 15 is 0 Å². The van der Waals surface area contributed by atoms with Crippen molar-refractivity contribution < 1.29 is 17.7 Å². The van der Waals surface area contributed by atoms with Gasteiger partial charge in [-0.15, -0.1) is 24.0 Å². The first-order valence-corrected chi connectivity index (χ1v) is 9.85. The lowest BCUT2D eigenvalue weighted by molar-refractivity contribution is -0.183. The van der Waals surface area contributed by atoms with Gasteiger partial charge in [0.15, 0.2) is 5.96 Å². The maximum Gasteiger partial charge on any atom is 0.391 e. The number of alkyl halides is 3. The average Bonchev–Trinajstić information content (AvgIpc) is 3.16. The maximum absolute atomic E-state index is 13.0. The fourth-order valence-electron chi connectivity index (χ4n) is 3.37. The molecule has 1 heterocycles. The lowest BCUT2D eigenvalue weighted by Gasteiger charge is -2.31. The highest BCUT2D eigenvalue weighted by atomic mass is 127. The Balaban J connectivity index is 0.00000320. The second kappa shape index (κ2) is 11.2. The number of halogens is 5. The maximum atomic E-state index is 13.0. The molecule has 6 nitrogen and oxygen atoms in total. The lowest BCUT2D eigenvalue weighted by atomic mass is 9.85. The molecule has 1 aliphatic rings. The van der Waals surface area contributed by atoms with Gasteiger partial charge in [0, 0.05) is 36.6 Å². The van der Waals surface area contributed by atoms with E-state index < -0.39 is 12.1 Å². The van der Waals surface area contributed by atoms with Crippen LogP contribution in [0.5, 0.6) is 0 Å². The molecule has 0 aliphatic heterocycles. The third-order valence-electron chi connectivity index (χ3n) is 4.90. The fourth-order valence-corrected chi connectivity index (χ4v) is 3.49. The van der Waals surface area contributed by atoms with Gasteiger partial charge in [-0.3, -0.25) is 4.99 Å². The van der Waals surface area contributed by atoms with E-state index in [0.717, 1.165) is 5.56 Å². The van der Waals surface area contributed by atoms with E-state index in [0.29, 0.717) is 48.5 Å². The number of nitrogens with one attached hydrogen (secondary N) is 2. The van der Waals surface area contributed by atoms with Gasteiger partial charge in [0.25, 0.3) is 0 Å². The molecule has 0 radical (unpaired) electrons. The molecule has 0 spiro atoms. The molecule has 2 aromatic rings. The molecular weight excluding hydrogens is 534 g/mol. The van der Waals surface area contributed by atoms with Gasteiger partial charge >= 0.3 is 6.18 Å². The Morgan fingerprint density at radius 2 is 2.00 bits per heavy atom.